The maximum Gasteiger partial charge on any atom is 0.279 e. The van der Waals surface area contributed by atoms with Crippen molar-refractivity contribution in [2.75, 3.05) is 6.61 Å². The van der Waals surface area contributed by atoms with E-state index in [1.807, 2.05) is 31.2 Å². The maximum atomic E-state index is 11.7. The number of halogens is 1. The minimum Gasteiger partial charge on any atom is -0.494 e. The Morgan fingerprint density at radius 3 is 2.52 bits per heavy atom. The van der Waals surface area contributed by atoms with Gasteiger partial charge in [-0.3, -0.25) is 20.4 Å². The van der Waals surface area contributed by atoms with Crippen LogP contribution in [0, 0.1) is 6.92 Å². The molecular formula is C16H17BrN2O3S. The first-order chi connectivity index (χ1) is 11.0. The first-order valence-corrected chi connectivity index (χ1v) is 8.69. The lowest BCUT2D eigenvalue weighted by Crippen LogP contribution is -2.41. The molecule has 0 saturated carbocycles. The summed E-state index contributed by atoms with van der Waals surface area (Å²) < 4.78 is 6.40. The minimum absolute atomic E-state index is 0.249. The number of hydrogen-bond acceptors (Lipinski definition) is 4. The topological polar surface area (TPSA) is 67.4 Å². The van der Waals surface area contributed by atoms with E-state index in [-0.39, 0.29) is 18.2 Å². The quantitative estimate of drug-likeness (QED) is 0.580. The third kappa shape index (κ3) is 6.03. The Kier molecular flexibility index (Phi) is 6.61. The van der Waals surface area contributed by atoms with Gasteiger partial charge in [-0.2, -0.15) is 0 Å². The molecule has 2 aromatic rings. The van der Waals surface area contributed by atoms with E-state index in [1.165, 1.54) is 16.9 Å². The second kappa shape index (κ2) is 8.69. The van der Waals surface area contributed by atoms with Crippen LogP contribution in [0.3, 0.4) is 0 Å². The Balaban J connectivity index is 1.61. The summed E-state index contributed by atoms with van der Waals surface area (Å²) in [4.78, 5) is 23.9. The van der Waals surface area contributed by atoms with Crippen molar-refractivity contribution in [2.24, 2.45) is 0 Å². The smallest absolute Gasteiger partial charge is 0.279 e. The van der Waals surface area contributed by atoms with Gasteiger partial charge in [0.15, 0.2) is 0 Å². The highest BCUT2D eigenvalue weighted by Gasteiger charge is 2.09. The monoisotopic (exact) mass is 396 g/mol. The Hall–Kier alpha value is -1.86. The zero-order valence-electron chi connectivity index (χ0n) is 12.6. The molecule has 0 unspecified atom stereocenters. The molecule has 0 bridgehead atoms. The number of rotatable bonds is 6. The van der Waals surface area contributed by atoms with Crippen molar-refractivity contribution in [2.45, 2.75) is 19.8 Å². The van der Waals surface area contributed by atoms with Crippen LogP contribution in [0.25, 0.3) is 0 Å². The summed E-state index contributed by atoms with van der Waals surface area (Å²) in [5, 5.41) is 0. The normalized spacial score (nSPS) is 10.2. The van der Waals surface area contributed by atoms with Crippen LogP contribution in [0.5, 0.6) is 5.75 Å². The van der Waals surface area contributed by atoms with Crippen molar-refractivity contribution in [3.05, 3.63) is 50.6 Å². The highest BCUT2D eigenvalue weighted by Crippen LogP contribution is 2.21. The van der Waals surface area contributed by atoms with Gasteiger partial charge in [-0.05, 0) is 53.5 Å². The van der Waals surface area contributed by atoms with Crippen LogP contribution >= 0.6 is 27.3 Å². The zero-order valence-corrected chi connectivity index (χ0v) is 15.0. The van der Waals surface area contributed by atoms with E-state index in [0.717, 1.165) is 9.54 Å². The van der Waals surface area contributed by atoms with Crippen molar-refractivity contribution >= 4 is 39.1 Å². The van der Waals surface area contributed by atoms with Crippen LogP contribution in [0.15, 0.2) is 40.2 Å². The van der Waals surface area contributed by atoms with Gasteiger partial charge in [0.1, 0.15) is 5.75 Å². The van der Waals surface area contributed by atoms with Gasteiger partial charge in [0, 0.05) is 6.42 Å². The number of amides is 2. The molecule has 1 aromatic carbocycles. The molecule has 2 amide bonds. The average Bonchev–Trinajstić information content (AvgIpc) is 2.97. The Bertz CT molecular complexity index is 670. The summed E-state index contributed by atoms with van der Waals surface area (Å²) in [6.45, 7) is 2.46. The van der Waals surface area contributed by atoms with Crippen molar-refractivity contribution in [1.29, 1.82) is 0 Å². The molecule has 2 rings (SSSR count). The third-order valence-electron chi connectivity index (χ3n) is 2.95. The molecule has 0 saturated heterocycles. The number of nitrogens with one attached hydrogen (secondary N) is 2. The number of carbonyl (C=O) groups is 2. The zero-order chi connectivity index (χ0) is 16.7. The molecule has 23 heavy (non-hydrogen) atoms. The van der Waals surface area contributed by atoms with Crippen molar-refractivity contribution in [1.82, 2.24) is 10.9 Å². The van der Waals surface area contributed by atoms with Gasteiger partial charge in [-0.15, -0.1) is 11.3 Å². The summed E-state index contributed by atoms with van der Waals surface area (Å²) in [5.74, 6) is 0.207. The SMILES string of the molecule is Cc1ccc(OCCCC(=O)NNC(=O)c2ccc(Br)s2)cc1. The Morgan fingerprint density at radius 2 is 1.87 bits per heavy atom. The van der Waals surface area contributed by atoms with Gasteiger partial charge in [0.05, 0.1) is 15.3 Å². The second-order valence-electron chi connectivity index (χ2n) is 4.87. The maximum absolute atomic E-state index is 11.7. The van der Waals surface area contributed by atoms with Crippen molar-refractivity contribution in [3.8, 4) is 5.75 Å². The standard InChI is InChI=1S/C16H17BrN2O3S/c1-11-4-6-12(7-5-11)22-10-2-3-15(20)18-19-16(21)13-8-9-14(17)23-13/h4-9H,2-3,10H2,1H3,(H,18,20)(H,19,21). The van der Waals surface area contributed by atoms with Gasteiger partial charge in [0.25, 0.3) is 5.91 Å². The van der Waals surface area contributed by atoms with Crippen LogP contribution in [-0.2, 0) is 4.79 Å². The van der Waals surface area contributed by atoms with E-state index in [2.05, 4.69) is 26.8 Å². The molecule has 7 heteroatoms. The molecule has 0 aliphatic rings. The van der Waals surface area contributed by atoms with Crippen LogP contribution in [0.1, 0.15) is 28.1 Å². The van der Waals surface area contributed by atoms with Crippen LogP contribution in [0.2, 0.25) is 0 Å². The fourth-order valence-corrected chi connectivity index (χ4v) is 3.03. The van der Waals surface area contributed by atoms with E-state index in [1.54, 1.807) is 12.1 Å². The molecule has 1 heterocycles. The molecule has 5 nitrogen and oxygen atoms in total. The molecule has 0 aliphatic heterocycles. The molecule has 0 spiro atoms. The van der Waals surface area contributed by atoms with E-state index in [9.17, 15) is 9.59 Å². The van der Waals surface area contributed by atoms with Crippen LogP contribution in [-0.4, -0.2) is 18.4 Å². The summed E-state index contributed by atoms with van der Waals surface area (Å²) in [6, 6.07) is 11.2. The van der Waals surface area contributed by atoms with Gasteiger partial charge in [-0.25, -0.2) is 0 Å². The molecule has 0 radical (unpaired) electrons. The summed E-state index contributed by atoms with van der Waals surface area (Å²) in [7, 11) is 0. The Morgan fingerprint density at radius 1 is 1.13 bits per heavy atom. The van der Waals surface area contributed by atoms with Gasteiger partial charge >= 0.3 is 0 Å². The second-order valence-corrected chi connectivity index (χ2v) is 7.33. The number of hydrazine groups is 1. The number of thiophene rings is 1. The van der Waals surface area contributed by atoms with Crippen molar-refractivity contribution in [3.63, 3.8) is 0 Å². The van der Waals surface area contributed by atoms with Gasteiger partial charge in [-0.1, -0.05) is 17.7 Å². The first-order valence-electron chi connectivity index (χ1n) is 7.08. The van der Waals surface area contributed by atoms with E-state index < -0.39 is 0 Å². The molecule has 0 atom stereocenters. The fourth-order valence-electron chi connectivity index (χ4n) is 1.74. The van der Waals surface area contributed by atoms with Gasteiger partial charge in [0.2, 0.25) is 5.91 Å². The minimum atomic E-state index is -0.329. The van der Waals surface area contributed by atoms with Crippen LogP contribution < -0.4 is 15.6 Å². The highest BCUT2D eigenvalue weighted by atomic mass is 79.9. The summed E-state index contributed by atoms with van der Waals surface area (Å²) in [6.07, 6.45) is 0.848. The lowest BCUT2D eigenvalue weighted by atomic mass is 10.2. The molecule has 1 aromatic heterocycles. The number of ether oxygens (including phenoxy) is 1. The van der Waals surface area contributed by atoms with Gasteiger partial charge < -0.3 is 4.74 Å². The fraction of sp³-hybridized carbons (Fsp3) is 0.250. The van der Waals surface area contributed by atoms with E-state index >= 15 is 0 Å². The number of hydrogen-bond donors (Lipinski definition) is 2. The molecule has 2 N–H and O–H groups in total. The third-order valence-corrected chi connectivity index (χ3v) is 4.57. The predicted molar refractivity (Wildman–Crippen MR) is 93.5 cm³/mol. The number of aryl methyl sites for hydroxylation is 1. The highest BCUT2D eigenvalue weighted by molar-refractivity contribution is 9.11. The Labute approximate surface area is 147 Å². The first kappa shape index (κ1) is 17.5. The van der Waals surface area contributed by atoms with Crippen molar-refractivity contribution < 1.29 is 14.3 Å². The largest absolute Gasteiger partial charge is 0.494 e. The number of carbonyl (C=O) groups excluding carboxylic acids is 2. The summed E-state index contributed by atoms with van der Waals surface area (Å²) in [5.41, 5.74) is 5.95. The van der Waals surface area contributed by atoms with Crippen LogP contribution in [0.4, 0.5) is 0 Å². The van der Waals surface area contributed by atoms with E-state index in [4.69, 9.17) is 4.74 Å². The summed E-state index contributed by atoms with van der Waals surface area (Å²) >= 11 is 4.58. The molecule has 0 aliphatic carbocycles. The number of benzene rings is 1. The average molecular weight is 397 g/mol. The lowest BCUT2D eigenvalue weighted by molar-refractivity contribution is -0.122. The predicted octanol–water partition coefficient (Wildman–Crippen LogP) is 3.44. The molecule has 122 valence electrons. The lowest BCUT2D eigenvalue weighted by Gasteiger charge is -2.08. The molecular weight excluding hydrogens is 380 g/mol. The van der Waals surface area contributed by atoms with E-state index in [0.29, 0.717) is 17.9 Å². The molecule has 0 fully saturated rings.